The highest BCUT2D eigenvalue weighted by Gasteiger charge is 2.21. The Balaban J connectivity index is 3.41. The summed E-state index contributed by atoms with van der Waals surface area (Å²) in [5, 5.41) is 0. The monoisotopic (exact) mass is 283 g/mol. The molecule has 19 heavy (non-hydrogen) atoms. The van der Waals surface area contributed by atoms with Crippen molar-refractivity contribution in [1.29, 1.82) is 0 Å². The molecule has 1 N–H and O–H groups in total. The summed E-state index contributed by atoms with van der Waals surface area (Å²) < 4.78 is 25.4. The van der Waals surface area contributed by atoms with Crippen molar-refractivity contribution in [3.8, 4) is 0 Å². The maximum Gasteiger partial charge on any atom is 0.229 e. The molecule has 0 aliphatic carbocycles. The molecule has 0 spiro atoms. The van der Waals surface area contributed by atoms with Gasteiger partial charge in [-0.2, -0.15) is 0 Å². The molecular formula is C15H25NO2S. The van der Waals surface area contributed by atoms with E-state index in [1.54, 1.807) is 0 Å². The number of benzene rings is 1. The van der Waals surface area contributed by atoms with Crippen LogP contribution >= 0.6 is 0 Å². The first-order valence-corrected chi connectivity index (χ1v) is 8.32. The van der Waals surface area contributed by atoms with Crippen molar-refractivity contribution < 1.29 is 8.42 Å². The molecule has 0 aliphatic rings. The maximum atomic E-state index is 11.4. The lowest BCUT2D eigenvalue weighted by molar-refractivity contribution is 0.569. The van der Waals surface area contributed by atoms with Gasteiger partial charge in [0.2, 0.25) is 10.0 Å². The number of nitrogens with one attached hydrogen (secondary N) is 1. The fourth-order valence-corrected chi connectivity index (χ4v) is 2.31. The first-order chi connectivity index (χ1) is 8.29. The molecule has 3 nitrogen and oxygen atoms in total. The van der Waals surface area contributed by atoms with Gasteiger partial charge in [-0.05, 0) is 34.1 Å². The number of hydrogen-bond donors (Lipinski definition) is 1. The van der Waals surface area contributed by atoms with E-state index in [4.69, 9.17) is 0 Å². The minimum absolute atomic E-state index is 0.0187. The summed E-state index contributed by atoms with van der Waals surface area (Å²) in [5.41, 5.74) is 2.86. The van der Waals surface area contributed by atoms with E-state index in [9.17, 15) is 8.42 Å². The lowest BCUT2D eigenvalue weighted by atomic mass is 9.80. The molecule has 1 rings (SSSR count). The van der Waals surface area contributed by atoms with Crippen LogP contribution in [-0.4, -0.2) is 14.7 Å². The van der Waals surface area contributed by atoms with Crippen LogP contribution in [-0.2, 0) is 20.9 Å². The van der Waals surface area contributed by atoms with Gasteiger partial charge in [0.1, 0.15) is 0 Å². The Bertz CT molecular complexity index is 529. The molecule has 4 heteroatoms. The SMILES string of the molecule is CC(C)(C)c1cc(NS(C)(=O)=O)cc(C(C)(C)C)c1. The Kier molecular flexibility index (Phi) is 4.06. The average molecular weight is 283 g/mol. The highest BCUT2D eigenvalue weighted by atomic mass is 32.2. The number of hydrogen-bond acceptors (Lipinski definition) is 2. The number of anilines is 1. The first kappa shape index (κ1) is 16.0. The number of sulfonamides is 1. The van der Waals surface area contributed by atoms with Gasteiger partial charge in [-0.3, -0.25) is 4.72 Å². The van der Waals surface area contributed by atoms with Crippen LogP contribution in [0, 0.1) is 0 Å². The molecule has 0 aliphatic heterocycles. The lowest BCUT2D eigenvalue weighted by Crippen LogP contribution is -2.18. The molecule has 0 saturated carbocycles. The second-order valence-corrected chi connectivity index (χ2v) is 8.92. The molecule has 0 radical (unpaired) electrons. The van der Waals surface area contributed by atoms with E-state index in [1.165, 1.54) is 6.26 Å². The second-order valence-electron chi connectivity index (χ2n) is 7.17. The molecule has 0 amide bonds. The first-order valence-electron chi connectivity index (χ1n) is 6.43. The molecule has 1 aromatic rings. The summed E-state index contributed by atoms with van der Waals surface area (Å²) in [6, 6.07) is 5.99. The summed E-state index contributed by atoms with van der Waals surface area (Å²) in [4.78, 5) is 0. The molecule has 0 saturated heterocycles. The van der Waals surface area contributed by atoms with Gasteiger partial charge in [0.25, 0.3) is 0 Å². The van der Waals surface area contributed by atoms with Crippen molar-refractivity contribution in [2.45, 2.75) is 52.4 Å². The highest BCUT2D eigenvalue weighted by Crippen LogP contribution is 2.32. The zero-order chi connectivity index (χ0) is 15.1. The molecule has 0 aromatic heterocycles. The predicted molar refractivity (Wildman–Crippen MR) is 82.3 cm³/mol. The third-order valence-electron chi connectivity index (χ3n) is 2.97. The van der Waals surface area contributed by atoms with Gasteiger partial charge in [0.05, 0.1) is 6.26 Å². The van der Waals surface area contributed by atoms with E-state index < -0.39 is 10.0 Å². The van der Waals surface area contributed by atoms with Gasteiger partial charge in [-0.25, -0.2) is 8.42 Å². The van der Waals surface area contributed by atoms with Crippen molar-refractivity contribution in [2.24, 2.45) is 0 Å². The third kappa shape index (κ3) is 4.86. The predicted octanol–water partition coefficient (Wildman–Crippen LogP) is 3.65. The fraction of sp³-hybridized carbons (Fsp3) is 0.600. The summed E-state index contributed by atoms with van der Waals surface area (Å²) >= 11 is 0. The van der Waals surface area contributed by atoms with Crippen LogP contribution in [0.25, 0.3) is 0 Å². The lowest BCUT2D eigenvalue weighted by Gasteiger charge is -2.26. The van der Waals surface area contributed by atoms with Crippen LogP contribution in [0.15, 0.2) is 18.2 Å². The molecule has 108 valence electrons. The van der Waals surface area contributed by atoms with Crippen molar-refractivity contribution in [3.63, 3.8) is 0 Å². The Morgan fingerprint density at radius 1 is 0.842 bits per heavy atom. The van der Waals surface area contributed by atoms with Crippen LogP contribution in [0.2, 0.25) is 0 Å². The van der Waals surface area contributed by atoms with E-state index in [-0.39, 0.29) is 10.8 Å². The Morgan fingerprint density at radius 2 is 1.21 bits per heavy atom. The molecule has 0 atom stereocenters. The molecule has 0 heterocycles. The summed E-state index contributed by atoms with van der Waals surface area (Å²) in [7, 11) is -3.25. The summed E-state index contributed by atoms with van der Waals surface area (Å²) in [5.74, 6) is 0. The topological polar surface area (TPSA) is 46.2 Å². The maximum absolute atomic E-state index is 11.4. The quantitative estimate of drug-likeness (QED) is 0.900. The van der Waals surface area contributed by atoms with E-state index >= 15 is 0 Å². The molecule has 0 bridgehead atoms. The molecule has 0 unspecified atom stereocenters. The standard InChI is InChI=1S/C15H25NO2S/c1-14(2,3)11-8-12(15(4,5)6)10-13(9-11)16-19(7,17)18/h8-10,16H,1-7H3. The summed E-state index contributed by atoms with van der Waals surface area (Å²) in [6.45, 7) is 12.7. The van der Waals surface area contributed by atoms with Gasteiger partial charge >= 0.3 is 0 Å². The van der Waals surface area contributed by atoms with E-state index in [0.717, 1.165) is 11.1 Å². The Labute approximate surface area is 117 Å². The normalized spacial score (nSPS) is 13.4. The van der Waals surface area contributed by atoms with E-state index in [2.05, 4.69) is 52.3 Å². The third-order valence-corrected chi connectivity index (χ3v) is 3.57. The van der Waals surface area contributed by atoms with Gasteiger partial charge < -0.3 is 0 Å². The van der Waals surface area contributed by atoms with Crippen molar-refractivity contribution in [3.05, 3.63) is 29.3 Å². The van der Waals surface area contributed by atoms with Crippen molar-refractivity contribution >= 4 is 15.7 Å². The molecular weight excluding hydrogens is 258 g/mol. The van der Waals surface area contributed by atoms with Crippen LogP contribution in [0.5, 0.6) is 0 Å². The summed E-state index contributed by atoms with van der Waals surface area (Å²) in [6.07, 6.45) is 1.17. The fourth-order valence-electron chi connectivity index (χ4n) is 1.77. The van der Waals surface area contributed by atoms with Crippen molar-refractivity contribution in [1.82, 2.24) is 0 Å². The van der Waals surface area contributed by atoms with Crippen molar-refractivity contribution in [2.75, 3.05) is 11.0 Å². The van der Waals surface area contributed by atoms with E-state index in [1.807, 2.05) is 12.1 Å². The minimum atomic E-state index is -3.25. The minimum Gasteiger partial charge on any atom is -0.284 e. The zero-order valence-corrected chi connectivity index (χ0v) is 13.8. The molecule has 0 fully saturated rings. The Morgan fingerprint density at radius 3 is 1.47 bits per heavy atom. The van der Waals surface area contributed by atoms with Crippen LogP contribution in [0.1, 0.15) is 52.7 Å². The van der Waals surface area contributed by atoms with Crippen LogP contribution in [0.4, 0.5) is 5.69 Å². The largest absolute Gasteiger partial charge is 0.284 e. The number of rotatable bonds is 2. The Hall–Kier alpha value is -1.03. The van der Waals surface area contributed by atoms with Gasteiger partial charge in [0.15, 0.2) is 0 Å². The zero-order valence-electron chi connectivity index (χ0n) is 13.0. The second kappa shape index (κ2) is 4.82. The van der Waals surface area contributed by atoms with E-state index in [0.29, 0.717) is 5.69 Å². The molecule has 1 aromatic carbocycles. The smallest absolute Gasteiger partial charge is 0.229 e. The highest BCUT2D eigenvalue weighted by molar-refractivity contribution is 7.92. The van der Waals surface area contributed by atoms with Gasteiger partial charge in [-0.1, -0.05) is 47.6 Å². The van der Waals surface area contributed by atoms with Crippen LogP contribution < -0.4 is 4.72 Å². The van der Waals surface area contributed by atoms with Gasteiger partial charge in [-0.15, -0.1) is 0 Å². The average Bonchev–Trinajstić information content (AvgIpc) is 2.11. The van der Waals surface area contributed by atoms with Crippen LogP contribution in [0.3, 0.4) is 0 Å². The van der Waals surface area contributed by atoms with Gasteiger partial charge in [0, 0.05) is 5.69 Å².